The number of allylic oxidation sites excluding steroid dienone is 1. The fourth-order valence-electron chi connectivity index (χ4n) is 4.25. The third kappa shape index (κ3) is 6.75. The quantitative estimate of drug-likeness (QED) is 0.603. The molecule has 0 N–H and O–H groups in total. The first-order valence-electron chi connectivity index (χ1n) is 11.9. The van der Waals surface area contributed by atoms with Crippen molar-refractivity contribution < 1.29 is 9.18 Å². The van der Waals surface area contributed by atoms with Gasteiger partial charge < -0.3 is 9.80 Å². The van der Waals surface area contributed by atoms with E-state index in [2.05, 4.69) is 22.9 Å². The minimum absolute atomic E-state index is 0.0346. The SMILES string of the molecule is C/C=C\c1c(C)cc(C#N)cc1CN(C)C(=O)C(c1ccc(F)cc1)N1CCN(C)CC1.CC. The van der Waals surface area contributed by atoms with Crippen molar-refractivity contribution >= 4 is 12.0 Å². The molecule has 1 aliphatic rings. The number of amides is 1. The maximum absolute atomic E-state index is 13.7. The number of piperazine rings is 1. The third-order valence-electron chi connectivity index (χ3n) is 6.04. The van der Waals surface area contributed by atoms with Crippen molar-refractivity contribution in [1.82, 2.24) is 14.7 Å². The molecule has 0 spiro atoms. The van der Waals surface area contributed by atoms with Gasteiger partial charge in [0.1, 0.15) is 11.9 Å². The number of aryl methyl sites for hydroxylation is 1. The second kappa shape index (κ2) is 13.0. The Morgan fingerprint density at radius 1 is 1.18 bits per heavy atom. The van der Waals surface area contributed by atoms with Crippen LogP contribution in [-0.2, 0) is 11.3 Å². The molecule has 34 heavy (non-hydrogen) atoms. The molecule has 2 aromatic rings. The van der Waals surface area contributed by atoms with E-state index >= 15 is 0 Å². The lowest BCUT2D eigenvalue weighted by molar-refractivity contribution is -0.137. The maximum Gasteiger partial charge on any atom is 0.244 e. The number of hydrogen-bond donors (Lipinski definition) is 0. The predicted molar refractivity (Wildman–Crippen MR) is 137 cm³/mol. The van der Waals surface area contributed by atoms with Crippen molar-refractivity contribution in [1.29, 1.82) is 5.26 Å². The highest BCUT2D eigenvalue weighted by molar-refractivity contribution is 5.83. The summed E-state index contributed by atoms with van der Waals surface area (Å²) in [6.07, 6.45) is 3.98. The van der Waals surface area contributed by atoms with Gasteiger partial charge in [-0.05, 0) is 67.4 Å². The zero-order valence-corrected chi connectivity index (χ0v) is 21.3. The Labute approximate surface area is 204 Å². The van der Waals surface area contributed by atoms with Gasteiger partial charge in [0, 0.05) is 39.8 Å². The van der Waals surface area contributed by atoms with Crippen LogP contribution in [0.1, 0.15) is 54.6 Å². The van der Waals surface area contributed by atoms with Gasteiger partial charge in [-0.3, -0.25) is 9.69 Å². The van der Waals surface area contributed by atoms with Gasteiger partial charge in [-0.2, -0.15) is 5.26 Å². The van der Waals surface area contributed by atoms with E-state index in [1.54, 1.807) is 24.1 Å². The highest BCUT2D eigenvalue weighted by Gasteiger charge is 2.32. The molecule has 1 heterocycles. The zero-order valence-electron chi connectivity index (χ0n) is 21.3. The summed E-state index contributed by atoms with van der Waals surface area (Å²) in [5, 5.41) is 9.41. The number of likely N-dealkylation sites (N-methyl/N-ethyl adjacent to an activating group) is 2. The van der Waals surface area contributed by atoms with E-state index in [9.17, 15) is 14.4 Å². The van der Waals surface area contributed by atoms with E-state index in [1.807, 2.05) is 52.0 Å². The standard InChI is InChI=1S/C26H31FN4O.C2H6/c1-5-6-24-19(2)15-20(17-28)16-22(24)18-30(4)26(32)25(21-7-9-23(27)10-8-21)31-13-11-29(3)12-14-31;1-2/h5-10,15-16,25H,11-14,18H2,1-4H3;1-2H3/b6-5-;. The minimum Gasteiger partial charge on any atom is -0.340 e. The van der Waals surface area contributed by atoms with Crippen LogP contribution < -0.4 is 0 Å². The first kappa shape index (κ1) is 27.2. The molecule has 0 saturated carbocycles. The Morgan fingerprint density at radius 2 is 1.79 bits per heavy atom. The Hall–Kier alpha value is -3.01. The summed E-state index contributed by atoms with van der Waals surface area (Å²) in [6.45, 7) is 11.6. The lowest BCUT2D eigenvalue weighted by Crippen LogP contribution is -2.50. The van der Waals surface area contributed by atoms with E-state index in [0.717, 1.165) is 48.4 Å². The number of nitriles is 1. The molecule has 1 atom stereocenters. The summed E-state index contributed by atoms with van der Waals surface area (Å²) in [4.78, 5) is 19.9. The molecule has 2 aromatic carbocycles. The Balaban J connectivity index is 0.00000199. The van der Waals surface area contributed by atoms with Crippen LogP contribution in [0.2, 0.25) is 0 Å². The maximum atomic E-state index is 13.7. The van der Waals surface area contributed by atoms with Crippen LogP contribution in [0, 0.1) is 24.1 Å². The molecule has 182 valence electrons. The van der Waals surface area contributed by atoms with Crippen molar-refractivity contribution in [3.8, 4) is 6.07 Å². The molecule has 0 aliphatic carbocycles. The van der Waals surface area contributed by atoms with E-state index in [0.29, 0.717) is 12.1 Å². The van der Waals surface area contributed by atoms with Crippen molar-refractivity contribution in [3.05, 3.63) is 76.1 Å². The van der Waals surface area contributed by atoms with E-state index < -0.39 is 6.04 Å². The Kier molecular flexibility index (Phi) is 10.4. The van der Waals surface area contributed by atoms with E-state index in [1.165, 1.54) is 12.1 Å². The average Bonchev–Trinajstić information content (AvgIpc) is 2.84. The fraction of sp³-hybridized carbons (Fsp3) is 0.429. The number of benzene rings is 2. The van der Waals surface area contributed by atoms with E-state index in [4.69, 9.17) is 0 Å². The van der Waals surface area contributed by atoms with Crippen molar-refractivity contribution in [2.75, 3.05) is 40.3 Å². The summed E-state index contributed by atoms with van der Waals surface area (Å²) in [6, 6.07) is 11.7. The topological polar surface area (TPSA) is 50.6 Å². The molecule has 1 amide bonds. The third-order valence-corrected chi connectivity index (χ3v) is 6.04. The molecule has 0 bridgehead atoms. The highest BCUT2D eigenvalue weighted by atomic mass is 19.1. The first-order valence-corrected chi connectivity index (χ1v) is 11.9. The number of hydrogen-bond acceptors (Lipinski definition) is 4. The lowest BCUT2D eigenvalue weighted by atomic mass is 9.97. The molecular weight excluding hydrogens is 427 g/mol. The molecule has 3 rings (SSSR count). The summed E-state index contributed by atoms with van der Waals surface area (Å²) < 4.78 is 13.6. The summed E-state index contributed by atoms with van der Waals surface area (Å²) in [5.41, 5.74) is 4.35. The van der Waals surface area contributed by atoms with Crippen molar-refractivity contribution in [2.45, 2.75) is 40.3 Å². The summed E-state index contributed by atoms with van der Waals surface area (Å²) in [7, 11) is 3.87. The van der Waals surface area contributed by atoms with E-state index in [-0.39, 0.29) is 11.7 Å². The van der Waals surface area contributed by atoms with Gasteiger partial charge in [-0.15, -0.1) is 0 Å². The summed E-state index contributed by atoms with van der Waals surface area (Å²) >= 11 is 0. The Morgan fingerprint density at radius 3 is 2.35 bits per heavy atom. The molecule has 6 heteroatoms. The van der Waals surface area contributed by atoms with Gasteiger partial charge in [-0.25, -0.2) is 4.39 Å². The molecule has 1 unspecified atom stereocenters. The average molecular weight is 465 g/mol. The van der Waals surface area contributed by atoms with Gasteiger partial charge in [-0.1, -0.05) is 38.1 Å². The molecule has 0 radical (unpaired) electrons. The number of nitrogens with zero attached hydrogens (tertiary/aromatic N) is 4. The second-order valence-corrected chi connectivity index (χ2v) is 8.47. The highest BCUT2D eigenvalue weighted by Crippen LogP contribution is 2.27. The van der Waals surface area contributed by atoms with Gasteiger partial charge in [0.15, 0.2) is 0 Å². The molecule has 0 aromatic heterocycles. The number of rotatable bonds is 6. The van der Waals surface area contributed by atoms with Gasteiger partial charge in [0.25, 0.3) is 0 Å². The number of halogens is 1. The molecule has 5 nitrogen and oxygen atoms in total. The fourth-order valence-corrected chi connectivity index (χ4v) is 4.25. The first-order chi connectivity index (χ1) is 16.3. The number of carbonyl (C=O) groups excluding carboxylic acids is 1. The predicted octanol–water partition coefficient (Wildman–Crippen LogP) is 5.01. The normalized spacial score (nSPS) is 15.4. The van der Waals surface area contributed by atoms with Crippen LogP contribution in [0.3, 0.4) is 0 Å². The van der Waals surface area contributed by atoms with Crippen LogP contribution in [0.25, 0.3) is 6.08 Å². The van der Waals surface area contributed by atoms with Crippen molar-refractivity contribution in [2.24, 2.45) is 0 Å². The van der Waals surface area contributed by atoms with Crippen LogP contribution in [0.5, 0.6) is 0 Å². The Bertz CT molecular complexity index is 1020. The lowest BCUT2D eigenvalue weighted by Gasteiger charge is -2.39. The van der Waals surface area contributed by atoms with Gasteiger partial charge in [0.05, 0.1) is 11.6 Å². The zero-order chi connectivity index (χ0) is 25.3. The molecule has 1 aliphatic heterocycles. The minimum atomic E-state index is -0.472. The second-order valence-electron chi connectivity index (χ2n) is 8.47. The van der Waals surface area contributed by atoms with Gasteiger partial charge in [0.2, 0.25) is 5.91 Å². The molecule has 1 saturated heterocycles. The van der Waals surface area contributed by atoms with Crippen LogP contribution >= 0.6 is 0 Å². The van der Waals surface area contributed by atoms with Crippen LogP contribution in [0.4, 0.5) is 4.39 Å². The van der Waals surface area contributed by atoms with Gasteiger partial charge >= 0.3 is 0 Å². The summed E-state index contributed by atoms with van der Waals surface area (Å²) in [5.74, 6) is -0.348. The van der Waals surface area contributed by atoms with Crippen molar-refractivity contribution in [3.63, 3.8) is 0 Å². The monoisotopic (exact) mass is 464 g/mol. The largest absolute Gasteiger partial charge is 0.340 e. The molecule has 1 fully saturated rings. The number of carbonyl (C=O) groups is 1. The molecular formula is C28H37FN4O. The van der Waals surface area contributed by atoms with Crippen LogP contribution in [0.15, 0.2) is 42.5 Å². The smallest absolute Gasteiger partial charge is 0.244 e. The van der Waals surface area contributed by atoms with Crippen LogP contribution in [-0.4, -0.2) is 60.9 Å².